The van der Waals surface area contributed by atoms with E-state index < -0.39 is 12.0 Å². The molecule has 1 unspecified atom stereocenters. The molecule has 144 valence electrons. The fraction of sp³-hybridized carbons (Fsp3) is 0.300. The number of nitrogens with one attached hydrogen (secondary N) is 1. The molecule has 2 N–H and O–H groups in total. The molecule has 2 aromatic rings. The number of carbonyl (C=O) groups is 2. The minimum atomic E-state index is -1.02. The molecule has 0 aromatic heterocycles. The van der Waals surface area contributed by atoms with Crippen LogP contribution in [0, 0.1) is 0 Å². The highest BCUT2D eigenvalue weighted by Gasteiger charge is 2.20. The first-order valence-electron chi connectivity index (χ1n) is 8.31. The monoisotopic (exact) mass is 373 g/mol. The second kappa shape index (κ2) is 9.59. The van der Waals surface area contributed by atoms with Gasteiger partial charge in [-0.25, -0.2) is 0 Å². The second-order valence-corrected chi connectivity index (χ2v) is 5.87. The molecule has 0 saturated heterocycles. The third-order valence-corrected chi connectivity index (χ3v) is 3.99. The van der Waals surface area contributed by atoms with Crippen LogP contribution in [-0.2, 0) is 16.1 Å². The van der Waals surface area contributed by atoms with Crippen molar-refractivity contribution in [2.75, 3.05) is 21.3 Å². The van der Waals surface area contributed by atoms with Crippen LogP contribution < -0.4 is 14.8 Å². The molecule has 2 rings (SSSR count). The lowest BCUT2D eigenvalue weighted by Crippen LogP contribution is -2.30. The molecule has 1 atom stereocenters. The molecule has 0 aliphatic heterocycles. The van der Waals surface area contributed by atoms with E-state index in [0.717, 1.165) is 5.56 Å². The van der Waals surface area contributed by atoms with Crippen molar-refractivity contribution in [3.8, 4) is 11.5 Å². The summed E-state index contributed by atoms with van der Waals surface area (Å²) in [5.41, 5.74) is 1.89. The molecular weight excluding hydrogens is 350 g/mol. The predicted octanol–water partition coefficient (Wildman–Crippen LogP) is 2.80. The Morgan fingerprint density at radius 1 is 1.04 bits per heavy atom. The first-order chi connectivity index (χ1) is 13.0. The fourth-order valence-electron chi connectivity index (χ4n) is 2.71. The van der Waals surface area contributed by atoms with Crippen molar-refractivity contribution in [3.63, 3.8) is 0 Å². The number of ether oxygens (including phenoxy) is 3. The normalized spacial score (nSPS) is 11.5. The summed E-state index contributed by atoms with van der Waals surface area (Å²) in [6.45, 7) is 0.384. The molecule has 0 aliphatic carbocycles. The van der Waals surface area contributed by atoms with E-state index in [1.165, 1.54) is 14.2 Å². The van der Waals surface area contributed by atoms with Gasteiger partial charge in [0.1, 0.15) is 0 Å². The van der Waals surface area contributed by atoms with E-state index in [4.69, 9.17) is 14.2 Å². The van der Waals surface area contributed by atoms with Crippen molar-refractivity contribution in [1.82, 2.24) is 5.32 Å². The van der Waals surface area contributed by atoms with Gasteiger partial charge in [0.05, 0.1) is 33.3 Å². The average molecular weight is 373 g/mol. The zero-order valence-electron chi connectivity index (χ0n) is 15.5. The van der Waals surface area contributed by atoms with Crippen LogP contribution in [-0.4, -0.2) is 38.3 Å². The second-order valence-electron chi connectivity index (χ2n) is 5.87. The van der Waals surface area contributed by atoms with Gasteiger partial charge in [-0.15, -0.1) is 0 Å². The molecule has 2 aromatic carbocycles. The summed E-state index contributed by atoms with van der Waals surface area (Å²) in [6, 6.07) is 11.3. The molecule has 1 amide bonds. The summed E-state index contributed by atoms with van der Waals surface area (Å²) in [5, 5.41) is 12.0. The highest BCUT2D eigenvalue weighted by atomic mass is 16.5. The van der Waals surface area contributed by atoms with Crippen molar-refractivity contribution >= 4 is 11.9 Å². The van der Waals surface area contributed by atoms with Crippen molar-refractivity contribution in [3.05, 3.63) is 59.2 Å². The van der Waals surface area contributed by atoms with E-state index in [0.29, 0.717) is 29.2 Å². The lowest BCUT2D eigenvalue weighted by molar-refractivity contribution is -0.137. The molecule has 0 saturated carbocycles. The maximum atomic E-state index is 12.6. The van der Waals surface area contributed by atoms with Crippen molar-refractivity contribution < 1.29 is 28.9 Å². The molecule has 0 radical (unpaired) electrons. The van der Waals surface area contributed by atoms with Gasteiger partial charge in [0.25, 0.3) is 5.91 Å². The molecule has 0 aliphatic rings. The van der Waals surface area contributed by atoms with Crippen LogP contribution >= 0.6 is 0 Å². The summed E-state index contributed by atoms with van der Waals surface area (Å²) < 4.78 is 15.5. The number of benzene rings is 2. The van der Waals surface area contributed by atoms with Crippen LogP contribution in [0.15, 0.2) is 42.5 Å². The third-order valence-electron chi connectivity index (χ3n) is 3.99. The lowest BCUT2D eigenvalue weighted by atomic mass is 10.0. The summed E-state index contributed by atoms with van der Waals surface area (Å²) in [5.74, 6) is -0.409. The van der Waals surface area contributed by atoms with Crippen LogP contribution in [0.3, 0.4) is 0 Å². The Balaban J connectivity index is 2.27. The Labute approximate surface area is 157 Å². The number of carboxylic acid groups (broad SMARTS) is 1. The van der Waals surface area contributed by atoms with Gasteiger partial charge in [-0.05, 0) is 35.4 Å². The summed E-state index contributed by atoms with van der Waals surface area (Å²) in [4.78, 5) is 23.9. The first kappa shape index (κ1) is 20.3. The van der Waals surface area contributed by atoms with E-state index in [-0.39, 0.29) is 12.3 Å². The Morgan fingerprint density at radius 3 is 2.41 bits per heavy atom. The van der Waals surface area contributed by atoms with Gasteiger partial charge in [0.15, 0.2) is 11.5 Å². The predicted molar refractivity (Wildman–Crippen MR) is 99.2 cm³/mol. The number of amides is 1. The summed E-state index contributed by atoms with van der Waals surface area (Å²) in [7, 11) is 4.58. The Hall–Kier alpha value is -3.06. The Morgan fingerprint density at radius 2 is 1.78 bits per heavy atom. The molecule has 27 heavy (non-hydrogen) atoms. The van der Waals surface area contributed by atoms with Crippen molar-refractivity contribution in [1.29, 1.82) is 0 Å². The third kappa shape index (κ3) is 5.46. The van der Waals surface area contributed by atoms with Crippen molar-refractivity contribution in [2.45, 2.75) is 19.1 Å². The maximum absolute atomic E-state index is 12.6. The Bertz CT molecular complexity index is 805. The highest BCUT2D eigenvalue weighted by Crippen LogP contribution is 2.31. The molecule has 0 heterocycles. The number of carbonyl (C=O) groups excluding carboxylic acids is 1. The van der Waals surface area contributed by atoms with Crippen LogP contribution in [0.4, 0.5) is 0 Å². The molecular formula is C20H23NO6. The van der Waals surface area contributed by atoms with Crippen LogP contribution in [0.25, 0.3) is 0 Å². The number of carboxylic acids is 1. The van der Waals surface area contributed by atoms with E-state index in [9.17, 15) is 14.7 Å². The largest absolute Gasteiger partial charge is 0.493 e. The molecule has 0 spiro atoms. The number of rotatable bonds is 9. The first-order valence-corrected chi connectivity index (χ1v) is 8.31. The van der Waals surface area contributed by atoms with Crippen molar-refractivity contribution in [2.24, 2.45) is 0 Å². The zero-order chi connectivity index (χ0) is 19.8. The summed E-state index contributed by atoms with van der Waals surface area (Å²) in [6.07, 6.45) is -0.265. The number of hydrogen-bond acceptors (Lipinski definition) is 5. The number of hydrogen-bond donors (Lipinski definition) is 2. The Kier molecular flexibility index (Phi) is 7.19. The van der Waals surface area contributed by atoms with Gasteiger partial charge in [-0.2, -0.15) is 0 Å². The minimum Gasteiger partial charge on any atom is -0.493 e. The molecule has 0 fully saturated rings. The van der Waals surface area contributed by atoms with E-state index >= 15 is 0 Å². The molecule has 7 heteroatoms. The van der Waals surface area contributed by atoms with Crippen LogP contribution in [0.2, 0.25) is 0 Å². The zero-order valence-corrected chi connectivity index (χ0v) is 15.5. The smallest absolute Gasteiger partial charge is 0.305 e. The molecule has 0 bridgehead atoms. The minimum absolute atomic E-state index is 0.265. The van der Waals surface area contributed by atoms with Crippen LogP contribution in [0.1, 0.15) is 33.9 Å². The summed E-state index contributed by atoms with van der Waals surface area (Å²) >= 11 is 0. The van der Waals surface area contributed by atoms with Gasteiger partial charge in [0.2, 0.25) is 0 Å². The van der Waals surface area contributed by atoms with Gasteiger partial charge in [-0.3, -0.25) is 9.59 Å². The standard InChI is InChI=1S/C20H23NO6/c1-25-12-13-5-4-6-15(9-13)20(24)21-16(11-19(22)23)14-7-8-17(26-2)18(10-14)27-3/h4-10,16H,11-12H2,1-3H3,(H,21,24)(H,22,23). The highest BCUT2D eigenvalue weighted by molar-refractivity contribution is 5.94. The van der Waals surface area contributed by atoms with E-state index in [1.807, 2.05) is 6.07 Å². The maximum Gasteiger partial charge on any atom is 0.305 e. The number of methoxy groups -OCH3 is 3. The van der Waals surface area contributed by atoms with E-state index in [1.54, 1.807) is 43.5 Å². The quantitative estimate of drug-likeness (QED) is 0.702. The lowest BCUT2D eigenvalue weighted by Gasteiger charge is -2.19. The van der Waals surface area contributed by atoms with Crippen LogP contribution in [0.5, 0.6) is 11.5 Å². The molecule has 7 nitrogen and oxygen atoms in total. The van der Waals surface area contributed by atoms with Gasteiger partial charge in [-0.1, -0.05) is 18.2 Å². The van der Waals surface area contributed by atoms with Gasteiger partial charge < -0.3 is 24.6 Å². The fourth-order valence-corrected chi connectivity index (χ4v) is 2.71. The average Bonchev–Trinajstić information content (AvgIpc) is 2.67. The van der Waals surface area contributed by atoms with Gasteiger partial charge >= 0.3 is 5.97 Å². The topological polar surface area (TPSA) is 94.1 Å². The SMILES string of the molecule is COCc1cccc(C(=O)NC(CC(=O)O)c2ccc(OC)c(OC)c2)c1. The number of aliphatic carboxylic acids is 1. The van der Waals surface area contributed by atoms with Gasteiger partial charge in [0, 0.05) is 12.7 Å². The van der Waals surface area contributed by atoms with E-state index in [2.05, 4.69) is 5.32 Å².